The predicted molar refractivity (Wildman–Crippen MR) is 133 cm³/mol. The summed E-state index contributed by atoms with van der Waals surface area (Å²) in [7, 11) is 0. The molecule has 0 N–H and O–H groups in total. The van der Waals surface area contributed by atoms with E-state index in [1.807, 2.05) is 49.4 Å². The van der Waals surface area contributed by atoms with E-state index in [-0.39, 0.29) is 34.7 Å². The summed E-state index contributed by atoms with van der Waals surface area (Å²) in [4.78, 5) is 45.3. The Bertz CT molecular complexity index is 1600. The molecule has 0 bridgehead atoms. The summed E-state index contributed by atoms with van der Waals surface area (Å²) in [6, 6.07) is 20.5. The van der Waals surface area contributed by atoms with Gasteiger partial charge in [-0.05, 0) is 42.7 Å². The normalized spacial score (nSPS) is 18.4. The van der Waals surface area contributed by atoms with Crippen molar-refractivity contribution in [2.45, 2.75) is 25.3 Å². The molecule has 6 rings (SSSR count). The van der Waals surface area contributed by atoms with Gasteiger partial charge in [0.15, 0.2) is 11.0 Å². The molecule has 2 aliphatic rings. The molecule has 3 aromatic carbocycles. The molecule has 6 nitrogen and oxygen atoms in total. The lowest BCUT2D eigenvalue weighted by Gasteiger charge is -2.34. The van der Waals surface area contributed by atoms with Gasteiger partial charge in [0.1, 0.15) is 11.4 Å². The van der Waals surface area contributed by atoms with Crippen LogP contribution >= 0.6 is 0 Å². The van der Waals surface area contributed by atoms with E-state index < -0.39 is 22.7 Å². The van der Waals surface area contributed by atoms with Crippen molar-refractivity contribution in [2.75, 3.05) is 18.0 Å². The highest BCUT2D eigenvalue weighted by Crippen LogP contribution is 2.52. The highest BCUT2D eigenvalue weighted by Gasteiger charge is 2.64. The Labute approximate surface area is 206 Å². The highest BCUT2D eigenvalue weighted by atomic mass is 19.1. The molecule has 1 atom stereocenters. The second-order valence-corrected chi connectivity index (χ2v) is 9.15. The SMILES string of the molecule is CCCN1C(=O)C2(c3ccccc31)c1c(oc3ccc(F)cc3c1=O)C(=O)N2CCc1ccccc1. The average Bonchev–Trinajstić information content (AvgIpc) is 3.29. The summed E-state index contributed by atoms with van der Waals surface area (Å²) in [6.45, 7) is 2.59. The number of fused-ring (bicyclic) bond motifs is 5. The minimum Gasteiger partial charge on any atom is -0.450 e. The molecular weight excluding hydrogens is 459 g/mol. The first-order chi connectivity index (χ1) is 17.5. The number of anilines is 1. The Morgan fingerprint density at radius 1 is 0.917 bits per heavy atom. The van der Waals surface area contributed by atoms with Gasteiger partial charge in [-0.1, -0.05) is 55.5 Å². The van der Waals surface area contributed by atoms with Crippen LogP contribution in [-0.4, -0.2) is 29.8 Å². The molecule has 36 heavy (non-hydrogen) atoms. The second-order valence-electron chi connectivity index (χ2n) is 9.15. The zero-order chi connectivity index (χ0) is 25.0. The van der Waals surface area contributed by atoms with Gasteiger partial charge < -0.3 is 14.2 Å². The third-order valence-electron chi connectivity index (χ3n) is 7.11. The van der Waals surface area contributed by atoms with Gasteiger partial charge in [0.05, 0.1) is 16.6 Å². The van der Waals surface area contributed by atoms with Gasteiger partial charge in [-0.3, -0.25) is 14.4 Å². The van der Waals surface area contributed by atoms with Gasteiger partial charge >= 0.3 is 0 Å². The van der Waals surface area contributed by atoms with Crippen LogP contribution in [-0.2, 0) is 16.8 Å². The van der Waals surface area contributed by atoms with Crippen LogP contribution < -0.4 is 10.3 Å². The number of carbonyl (C=O) groups is 2. The summed E-state index contributed by atoms with van der Waals surface area (Å²) in [5.41, 5.74) is 0.0519. The zero-order valence-electron chi connectivity index (χ0n) is 19.7. The maximum Gasteiger partial charge on any atom is 0.291 e. The minimum atomic E-state index is -1.67. The van der Waals surface area contributed by atoms with Crippen molar-refractivity contribution in [1.82, 2.24) is 4.90 Å². The first kappa shape index (κ1) is 22.2. The largest absolute Gasteiger partial charge is 0.450 e. The Hall–Kier alpha value is -4.26. The number of hydrogen-bond donors (Lipinski definition) is 0. The molecule has 1 unspecified atom stereocenters. The molecule has 1 aromatic heterocycles. The molecule has 0 saturated heterocycles. The molecule has 0 aliphatic carbocycles. The quantitative estimate of drug-likeness (QED) is 0.416. The van der Waals surface area contributed by atoms with Gasteiger partial charge in [-0.25, -0.2) is 4.39 Å². The molecule has 0 fully saturated rings. The molecule has 3 heterocycles. The summed E-state index contributed by atoms with van der Waals surface area (Å²) < 4.78 is 20.1. The molecule has 2 aliphatic heterocycles. The van der Waals surface area contributed by atoms with Gasteiger partial charge in [0.2, 0.25) is 5.76 Å². The van der Waals surface area contributed by atoms with E-state index in [1.165, 1.54) is 17.0 Å². The molecule has 1 spiro atoms. The van der Waals surface area contributed by atoms with Crippen LogP contribution in [0.1, 0.15) is 40.6 Å². The van der Waals surface area contributed by atoms with Crippen LogP contribution in [0.4, 0.5) is 10.1 Å². The van der Waals surface area contributed by atoms with E-state index in [4.69, 9.17) is 4.42 Å². The third kappa shape index (κ3) is 2.92. The minimum absolute atomic E-state index is 0.00468. The standard InChI is InChI=1S/C29H23FN2O4/c1-2-15-31-22-11-7-6-10-21(22)29(28(31)35)24-25(33)20-17-19(30)12-13-23(20)36-26(24)27(34)32(29)16-14-18-8-4-3-5-9-18/h3-13,17H,2,14-16H2,1H3. The van der Waals surface area contributed by atoms with Crippen molar-refractivity contribution in [3.05, 3.63) is 111 Å². The van der Waals surface area contributed by atoms with Gasteiger partial charge in [-0.15, -0.1) is 0 Å². The van der Waals surface area contributed by atoms with E-state index >= 15 is 0 Å². The van der Waals surface area contributed by atoms with Crippen LogP contribution in [0.5, 0.6) is 0 Å². The lowest BCUT2D eigenvalue weighted by Crippen LogP contribution is -2.54. The maximum absolute atomic E-state index is 14.3. The lowest BCUT2D eigenvalue weighted by atomic mass is 9.83. The molecule has 4 aromatic rings. The molecule has 7 heteroatoms. The van der Waals surface area contributed by atoms with Crippen molar-refractivity contribution < 1.29 is 18.4 Å². The summed E-state index contributed by atoms with van der Waals surface area (Å²) in [5, 5.41) is 0.00468. The number of nitrogens with zero attached hydrogens (tertiary/aromatic N) is 2. The number of carbonyl (C=O) groups excluding carboxylic acids is 2. The summed E-state index contributed by atoms with van der Waals surface area (Å²) >= 11 is 0. The highest BCUT2D eigenvalue weighted by molar-refractivity contribution is 6.17. The van der Waals surface area contributed by atoms with E-state index in [1.54, 1.807) is 17.0 Å². The molecule has 0 saturated carbocycles. The van der Waals surface area contributed by atoms with Crippen LogP contribution in [0, 0.1) is 5.82 Å². The molecule has 180 valence electrons. The number of rotatable bonds is 5. The average molecular weight is 483 g/mol. The van der Waals surface area contributed by atoms with E-state index in [9.17, 15) is 18.8 Å². The van der Waals surface area contributed by atoms with Crippen molar-refractivity contribution in [3.63, 3.8) is 0 Å². The molecule has 0 radical (unpaired) electrons. The van der Waals surface area contributed by atoms with Crippen molar-refractivity contribution in [1.29, 1.82) is 0 Å². The van der Waals surface area contributed by atoms with Crippen LogP contribution in [0.15, 0.2) is 82.0 Å². The first-order valence-corrected chi connectivity index (χ1v) is 12.0. The number of para-hydroxylation sites is 1. The van der Waals surface area contributed by atoms with Gasteiger partial charge in [-0.2, -0.15) is 0 Å². The van der Waals surface area contributed by atoms with Gasteiger partial charge in [0, 0.05) is 18.7 Å². The predicted octanol–water partition coefficient (Wildman–Crippen LogP) is 4.63. The Balaban J connectivity index is 1.64. The molecule has 2 amide bonds. The fourth-order valence-corrected chi connectivity index (χ4v) is 5.59. The third-order valence-corrected chi connectivity index (χ3v) is 7.11. The number of halogens is 1. The number of hydrogen-bond acceptors (Lipinski definition) is 4. The number of benzene rings is 3. The van der Waals surface area contributed by atoms with E-state index in [0.717, 1.165) is 11.6 Å². The first-order valence-electron chi connectivity index (χ1n) is 12.0. The Morgan fingerprint density at radius 2 is 1.67 bits per heavy atom. The fourth-order valence-electron chi connectivity index (χ4n) is 5.59. The van der Waals surface area contributed by atoms with E-state index in [2.05, 4.69) is 0 Å². The zero-order valence-corrected chi connectivity index (χ0v) is 19.7. The van der Waals surface area contributed by atoms with Gasteiger partial charge in [0.25, 0.3) is 11.8 Å². The second kappa shape index (κ2) is 8.16. The summed E-state index contributed by atoms with van der Waals surface area (Å²) in [5.74, 6) is -1.65. The topological polar surface area (TPSA) is 70.8 Å². The Kier molecular flexibility index (Phi) is 5.03. The smallest absolute Gasteiger partial charge is 0.291 e. The number of amides is 2. The lowest BCUT2D eigenvalue weighted by molar-refractivity contribution is -0.126. The Morgan fingerprint density at radius 3 is 2.44 bits per heavy atom. The van der Waals surface area contributed by atoms with Crippen molar-refractivity contribution in [3.8, 4) is 0 Å². The van der Waals surface area contributed by atoms with Crippen molar-refractivity contribution in [2.24, 2.45) is 0 Å². The van der Waals surface area contributed by atoms with Crippen LogP contribution in [0.2, 0.25) is 0 Å². The van der Waals surface area contributed by atoms with Crippen LogP contribution in [0.3, 0.4) is 0 Å². The maximum atomic E-state index is 14.3. The summed E-state index contributed by atoms with van der Waals surface area (Å²) in [6.07, 6.45) is 1.17. The van der Waals surface area contributed by atoms with E-state index in [0.29, 0.717) is 30.6 Å². The van der Waals surface area contributed by atoms with Crippen LogP contribution in [0.25, 0.3) is 11.0 Å². The van der Waals surface area contributed by atoms with Crippen molar-refractivity contribution >= 4 is 28.5 Å². The molecular formula is C29H23FN2O4. The fraction of sp³-hybridized carbons (Fsp3) is 0.207. The monoisotopic (exact) mass is 482 g/mol.